The molecule has 0 bridgehead atoms. The van der Waals surface area contributed by atoms with Gasteiger partial charge in [0, 0.05) is 31.2 Å². The summed E-state index contributed by atoms with van der Waals surface area (Å²) >= 11 is 0. The molecule has 0 saturated carbocycles. The van der Waals surface area contributed by atoms with Gasteiger partial charge in [0.25, 0.3) is 5.91 Å². The van der Waals surface area contributed by atoms with Gasteiger partial charge in [0.1, 0.15) is 6.04 Å². The minimum atomic E-state index is -0.815. The number of hydrogen-bond donors (Lipinski definition) is 2. The number of rotatable bonds is 3. The minimum Gasteiger partial charge on any atom is -0.359 e. The van der Waals surface area contributed by atoms with Gasteiger partial charge in [-0.3, -0.25) is 19.4 Å². The van der Waals surface area contributed by atoms with E-state index in [-0.39, 0.29) is 24.1 Å². The largest absolute Gasteiger partial charge is 0.359 e. The van der Waals surface area contributed by atoms with E-state index in [1.54, 1.807) is 6.07 Å². The zero-order valence-electron chi connectivity index (χ0n) is 15.1. The lowest BCUT2D eigenvalue weighted by Crippen LogP contribution is -2.58. The highest BCUT2D eigenvalue weighted by molar-refractivity contribution is 6.08. The van der Waals surface area contributed by atoms with Crippen molar-refractivity contribution < 1.29 is 14.4 Å². The molecule has 2 N–H and O–H groups in total. The van der Waals surface area contributed by atoms with Crippen molar-refractivity contribution in [3.63, 3.8) is 0 Å². The lowest BCUT2D eigenvalue weighted by atomic mass is 10.0. The molecule has 1 aliphatic rings. The Hall–Kier alpha value is -2.96. The summed E-state index contributed by atoms with van der Waals surface area (Å²) in [6, 6.07) is 6.69. The minimum absolute atomic E-state index is 0.0604. The van der Waals surface area contributed by atoms with Gasteiger partial charge >= 0.3 is 0 Å². The highest BCUT2D eigenvalue weighted by Crippen LogP contribution is 2.23. The molecule has 0 spiro atoms. The van der Waals surface area contributed by atoms with E-state index >= 15 is 0 Å². The van der Waals surface area contributed by atoms with Crippen LogP contribution in [0.15, 0.2) is 24.3 Å². The predicted octanol–water partition coefficient (Wildman–Crippen LogP) is 0.928. The molecular weight excluding hydrogens is 332 g/mol. The molecule has 1 aromatic carbocycles. The van der Waals surface area contributed by atoms with Gasteiger partial charge in [-0.2, -0.15) is 0 Å². The van der Waals surface area contributed by atoms with Crippen LogP contribution in [0.3, 0.4) is 0 Å². The maximum Gasteiger partial charge on any atom is 0.255 e. The number of nitrogens with zero attached hydrogens (tertiary/aromatic N) is 2. The van der Waals surface area contributed by atoms with Crippen LogP contribution in [0, 0.1) is 13.8 Å². The van der Waals surface area contributed by atoms with Gasteiger partial charge in [-0.15, -0.1) is 0 Å². The first kappa shape index (κ1) is 17.8. The molecule has 1 atom stereocenters. The summed E-state index contributed by atoms with van der Waals surface area (Å²) < 4.78 is 0. The first-order chi connectivity index (χ1) is 12.4. The van der Waals surface area contributed by atoms with E-state index in [1.807, 2.05) is 32.0 Å². The van der Waals surface area contributed by atoms with Gasteiger partial charge in [0.15, 0.2) is 0 Å². The Bertz CT molecular complexity index is 894. The van der Waals surface area contributed by atoms with E-state index in [0.717, 1.165) is 22.2 Å². The first-order valence-corrected chi connectivity index (χ1v) is 8.58. The number of carbonyl (C=O) groups is 3. The quantitative estimate of drug-likeness (QED) is 0.858. The smallest absolute Gasteiger partial charge is 0.255 e. The van der Waals surface area contributed by atoms with Crippen LogP contribution in [-0.4, -0.2) is 53.8 Å². The van der Waals surface area contributed by atoms with Crippen molar-refractivity contribution in [3.05, 3.63) is 41.1 Å². The number of benzene rings is 1. The van der Waals surface area contributed by atoms with Gasteiger partial charge < -0.3 is 15.5 Å². The molecule has 7 nitrogen and oxygen atoms in total. The molecule has 1 aromatic heterocycles. The monoisotopic (exact) mass is 354 g/mol. The molecule has 0 aliphatic carbocycles. The Kier molecular flexibility index (Phi) is 4.88. The molecule has 0 radical (unpaired) electrons. The Labute approximate surface area is 151 Å². The molecule has 1 fully saturated rings. The fourth-order valence-corrected chi connectivity index (χ4v) is 3.24. The van der Waals surface area contributed by atoms with Crippen molar-refractivity contribution in [3.8, 4) is 0 Å². The van der Waals surface area contributed by atoms with Crippen molar-refractivity contribution in [1.29, 1.82) is 0 Å². The number of nitrogens with one attached hydrogen (secondary N) is 2. The summed E-state index contributed by atoms with van der Waals surface area (Å²) in [6.45, 7) is 4.52. The van der Waals surface area contributed by atoms with Gasteiger partial charge in [0.2, 0.25) is 11.8 Å². The van der Waals surface area contributed by atoms with Crippen LogP contribution in [0.1, 0.15) is 28.0 Å². The zero-order valence-corrected chi connectivity index (χ0v) is 15.1. The average Bonchev–Trinajstić information content (AvgIpc) is 2.62. The number of hydrogen-bond acceptors (Lipinski definition) is 4. The topological polar surface area (TPSA) is 91.4 Å². The summed E-state index contributed by atoms with van der Waals surface area (Å²) in [6.07, 6.45) is -0.0604. The molecule has 1 aliphatic heterocycles. The molecule has 3 rings (SSSR count). The second kappa shape index (κ2) is 7.11. The van der Waals surface area contributed by atoms with E-state index < -0.39 is 6.04 Å². The normalized spacial score (nSPS) is 17.1. The maximum absolute atomic E-state index is 13.3. The van der Waals surface area contributed by atoms with E-state index in [1.165, 1.54) is 11.9 Å². The Morgan fingerprint density at radius 2 is 2.08 bits per heavy atom. The number of piperazine rings is 1. The van der Waals surface area contributed by atoms with Gasteiger partial charge in [-0.1, -0.05) is 11.6 Å². The van der Waals surface area contributed by atoms with E-state index in [9.17, 15) is 14.4 Å². The molecule has 26 heavy (non-hydrogen) atoms. The molecule has 2 heterocycles. The number of amides is 3. The van der Waals surface area contributed by atoms with Crippen molar-refractivity contribution in [1.82, 2.24) is 20.5 Å². The standard InChI is InChI=1S/C19H22N4O3/c1-11-4-5-15-13(8-11)14(9-12(2)22-15)19(26)23-7-6-21-18(25)16(23)10-17(24)20-3/h4-5,8-9,16H,6-7,10H2,1-3H3,(H,20,24)(H,21,25)/t16-/m1/s1. The number of fused-ring (bicyclic) bond motifs is 1. The highest BCUT2D eigenvalue weighted by atomic mass is 16.2. The second-order valence-electron chi connectivity index (χ2n) is 6.51. The fourth-order valence-electron chi connectivity index (χ4n) is 3.24. The lowest BCUT2D eigenvalue weighted by Gasteiger charge is -2.35. The van der Waals surface area contributed by atoms with E-state index in [2.05, 4.69) is 15.6 Å². The Morgan fingerprint density at radius 1 is 1.31 bits per heavy atom. The van der Waals surface area contributed by atoms with Crippen LogP contribution < -0.4 is 10.6 Å². The number of aromatic nitrogens is 1. The van der Waals surface area contributed by atoms with Crippen molar-refractivity contribution >= 4 is 28.6 Å². The highest BCUT2D eigenvalue weighted by Gasteiger charge is 2.35. The molecule has 3 amide bonds. The number of pyridine rings is 1. The fraction of sp³-hybridized carbons (Fsp3) is 0.368. The van der Waals surface area contributed by atoms with Crippen LogP contribution in [0.2, 0.25) is 0 Å². The van der Waals surface area contributed by atoms with Gasteiger partial charge in [-0.25, -0.2) is 0 Å². The van der Waals surface area contributed by atoms with E-state index in [4.69, 9.17) is 0 Å². The van der Waals surface area contributed by atoms with Crippen LogP contribution >= 0.6 is 0 Å². The SMILES string of the molecule is CNC(=O)C[C@@H]1C(=O)NCCN1C(=O)c1cc(C)nc2ccc(C)cc12. The van der Waals surface area contributed by atoms with Gasteiger partial charge in [-0.05, 0) is 32.0 Å². The lowest BCUT2D eigenvalue weighted by molar-refractivity contribution is -0.132. The van der Waals surface area contributed by atoms with Crippen molar-refractivity contribution in [2.75, 3.05) is 20.1 Å². The molecule has 7 heteroatoms. The van der Waals surface area contributed by atoms with Crippen molar-refractivity contribution in [2.45, 2.75) is 26.3 Å². The van der Waals surface area contributed by atoms with Crippen LogP contribution in [0.4, 0.5) is 0 Å². The Balaban J connectivity index is 2.04. The summed E-state index contributed by atoms with van der Waals surface area (Å²) in [5.41, 5.74) is 3.00. The third kappa shape index (κ3) is 3.37. The van der Waals surface area contributed by atoms with Crippen molar-refractivity contribution in [2.24, 2.45) is 0 Å². The maximum atomic E-state index is 13.3. The summed E-state index contributed by atoms with van der Waals surface area (Å²) in [4.78, 5) is 43.3. The third-order valence-electron chi connectivity index (χ3n) is 4.57. The predicted molar refractivity (Wildman–Crippen MR) is 97.7 cm³/mol. The Morgan fingerprint density at radius 3 is 2.81 bits per heavy atom. The van der Waals surface area contributed by atoms with E-state index in [0.29, 0.717) is 18.7 Å². The molecule has 136 valence electrons. The summed E-state index contributed by atoms with van der Waals surface area (Å²) in [7, 11) is 1.51. The molecule has 1 saturated heterocycles. The average molecular weight is 354 g/mol. The number of aryl methyl sites for hydroxylation is 2. The molecule has 0 unspecified atom stereocenters. The molecular formula is C19H22N4O3. The summed E-state index contributed by atoms with van der Waals surface area (Å²) in [5.74, 6) is -0.842. The molecule has 2 aromatic rings. The van der Waals surface area contributed by atoms with Crippen LogP contribution in [0.5, 0.6) is 0 Å². The third-order valence-corrected chi connectivity index (χ3v) is 4.57. The second-order valence-corrected chi connectivity index (χ2v) is 6.51. The summed E-state index contributed by atoms with van der Waals surface area (Å²) in [5, 5.41) is 6.00. The first-order valence-electron chi connectivity index (χ1n) is 8.58. The van der Waals surface area contributed by atoms with Crippen LogP contribution in [0.25, 0.3) is 10.9 Å². The zero-order chi connectivity index (χ0) is 18.8. The number of carbonyl (C=O) groups excluding carboxylic acids is 3. The van der Waals surface area contributed by atoms with Crippen LogP contribution in [-0.2, 0) is 9.59 Å². The van der Waals surface area contributed by atoms with Gasteiger partial charge in [0.05, 0.1) is 17.5 Å².